The van der Waals surface area contributed by atoms with Crippen molar-refractivity contribution < 1.29 is 19.0 Å². The van der Waals surface area contributed by atoms with Crippen LogP contribution in [0.5, 0.6) is 17.5 Å². The summed E-state index contributed by atoms with van der Waals surface area (Å²) in [5.41, 5.74) is 0.640. The average molecular weight is 371 g/mol. The molecule has 0 aliphatic heterocycles. The molecule has 1 fully saturated rings. The van der Waals surface area contributed by atoms with Crippen LogP contribution >= 0.6 is 0 Å². The predicted molar refractivity (Wildman–Crippen MR) is 100 cm³/mol. The molecule has 144 valence electrons. The van der Waals surface area contributed by atoms with Crippen LogP contribution in [-0.2, 0) is 0 Å². The molecule has 2 aromatic rings. The highest BCUT2D eigenvalue weighted by Gasteiger charge is 2.25. The summed E-state index contributed by atoms with van der Waals surface area (Å²) in [6.07, 6.45) is 6.60. The third-order valence-electron chi connectivity index (χ3n) is 4.54. The van der Waals surface area contributed by atoms with Crippen LogP contribution in [0, 0.1) is 0 Å². The molecule has 1 aromatic carbocycles. The molecule has 3 rings (SSSR count). The first-order valence-corrected chi connectivity index (χ1v) is 9.25. The van der Waals surface area contributed by atoms with Gasteiger partial charge < -0.3 is 19.5 Å². The lowest BCUT2D eigenvalue weighted by Crippen LogP contribution is -2.39. The summed E-state index contributed by atoms with van der Waals surface area (Å²) in [4.78, 5) is 20.7. The van der Waals surface area contributed by atoms with Gasteiger partial charge >= 0.3 is 0 Å². The van der Waals surface area contributed by atoms with Gasteiger partial charge in [0.15, 0.2) is 0 Å². The van der Waals surface area contributed by atoms with Crippen molar-refractivity contribution in [3.8, 4) is 17.5 Å². The highest BCUT2D eigenvalue weighted by Crippen LogP contribution is 2.27. The molecule has 1 aliphatic rings. The van der Waals surface area contributed by atoms with Gasteiger partial charge in [-0.15, -0.1) is 0 Å². The van der Waals surface area contributed by atoms with Gasteiger partial charge in [0.05, 0.1) is 13.7 Å². The lowest BCUT2D eigenvalue weighted by Gasteiger charge is -2.29. The standard InChI is InChI=1S/C20H25N3O4/c1-3-26-16-8-4-14(5-9-16)18(24)23-15-6-10-17(11-7-15)27-20-19(25-2)21-12-13-22-20/h4-5,8-9,12-13,15,17H,3,6-7,10-11H2,1-2H3,(H,23,24). The maximum Gasteiger partial charge on any atom is 0.278 e. The Kier molecular flexibility index (Phi) is 6.46. The van der Waals surface area contributed by atoms with Crippen LogP contribution in [0.3, 0.4) is 0 Å². The number of carbonyl (C=O) groups is 1. The third-order valence-corrected chi connectivity index (χ3v) is 4.54. The van der Waals surface area contributed by atoms with Crippen molar-refractivity contribution in [3.63, 3.8) is 0 Å². The molecule has 1 aliphatic carbocycles. The van der Waals surface area contributed by atoms with Gasteiger partial charge in [0.2, 0.25) is 0 Å². The number of nitrogens with one attached hydrogen (secondary N) is 1. The van der Waals surface area contributed by atoms with Gasteiger partial charge in [-0.1, -0.05) is 0 Å². The second kappa shape index (κ2) is 9.21. The molecular weight excluding hydrogens is 346 g/mol. The van der Waals surface area contributed by atoms with Gasteiger partial charge in [0.25, 0.3) is 17.7 Å². The fourth-order valence-electron chi connectivity index (χ4n) is 3.15. The van der Waals surface area contributed by atoms with Crippen LogP contribution in [0.15, 0.2) is 36.7 Å². The normalized spacial score (nSPS) is 19.2. The van der Waals surface area contributed by atoms with Crippen LogP contribution < -0.4 is 19.5 Å². The minimum absolute atomic E-state index is 0.0502. The van der Waals surface area contributed by atoms with E-state index in [2.05, 4.69) is 15.3 Å². The largest absolute Gasteiger partial charge is 0.494 e. The summed E-state index contributed by atoms with van der Waals surface area (Å²) in [7, 11) is 1.55. The molecule has 7 nitrogen and oxygen atoms in total. The van der Waals surface area contributed by atoms with E-state index in [0.717, 1.165) is 31.4 Å². The SMILES string of the molecule is CCOc1ccc(C(=O)NC2CCC(Oc3nccnc3OC)CC2)cc1. The monoisotopic (exact) mass is 371 g/mol. The molecule has 0 spiro atoms. The number of aromatic nitrogens is 2. The van der Waals surface area contributed by atoms with E-state index in [1.54, 1.807) is 31.6 Å². The van der Waals surface area contributed by atoms with Gasteiger partial charge in [0, 0.05) is 24.0 Å². The van der Waals surface area contributed by atoms with Gasteiger partial charge in [-0.05, 0) is 56.9 Å². The molecular formula is C20H25N3O4. The number of amides is 1. The molecule has 1 heterocycles. The smallest absolute Gasteiger partial charge is 0.278 e. The number of nitrogens with zero attached hydrogens (tertiary/aromatic N) is 2. The molecule has 1 amide bonds. The average Bonchev–Trinajstić information content (AvgIpc) is 2.70. The Labute approximate surface area is 159 Å². The number of hydrogen-bond acceptors (Lipinski definition) is 6. The van der Waals surface area contributed by atoms with Crippen molar-refractivity contribution in [3.05, 3.63) is 42.2 Å². The van der Waals surface area contributed by atoms with Gasteiger partial charge in [0.1, 0.15) is 11.9 Å². The van der Waals surface area contributed by atoms with Crippen LogP contribution in [0.1, 0.15) is 43.0 Å². The Hall–Kier alpha value is -2.83. The summed E-state index contributed by atoms with van der Waals surface area (Å²) in [6, 6.07) is 7.35. The first kappa shape index (κ1) is 18.9. The molecule has 0 saturated heterocycles. The van der Waals surface area contributed by atoms with Crippen LogP contribution in [0.4, 0.5) is 0 Å². The second-order valence-corrected chi connectivity index (χ2v) is 6.39. The van der Waals surface area contributed by atoms with Crippen molar-refractivity contribution in [1.82, 2.24) is 15.3 Å². The summed E-state index contributed by atoms with van der Waals surface area (Å²) in [6.45, 7) is 2.54. The number of benzene rings is 1. The van der Waals surface area contributed by atoms with E-state index in [4.69, 9.17) is 14.2 Å². The fourth-order valence-corrected chi connectivity index (χ4v) is 3.15. The minimum Gasteiger partial charge on any atom is -0.494 e. The highest BCUT2D eigenvalue weighted by atomic mass is 16.5. The predicted octanol–water partition coefficient (Wildman–Crippen LogP) is 3.00. The number of methoxy groups -OCH3 is 1. The molecule has 0 bridgehead atoms. The lowest BCUT2D eigenvalue weighted by molar-refractivity contribution is 0.0886. The fraction of sp³-hybridized carbons (Fsp3) is 0.450. The molecule has 1 aromatic heterocycles. The van der Waals surface area contributed by atoms with E-state index in [-0.39, 0.29) is 18.1 Å². The number of carbonyl (C=O) groups excluding carboxylic acids is 1. The Morgan fingerprint density at radius 2 is 1.74 bits per heavy atom. The topological polar surface area (TPSA) is 82.6 Å². The van der Waals surface area contributed by atoms with E-state index < -0.39 is 0 Å². The Morgan fingerprint density at radius 3 is 2.37 bits per heavy atom. The zero-order valence-corrected chi connectivity index (χ0v) is 15.7. The zero-order chi connectivity index (χ0) is 19.1. The van der Waals surface area contributed by atoms with Gasteiger partial charge in [-0.2, -0.15) is 0 Å². The van der Waals surface area contributed by atoms with Crippen molar-refractivity contribution in [2.75, 3.05) is 13.7 Å². The van der Waals surface area contributed by atoms with Crippen molar-refractivity contribution in [1.29, 1.82) is 0 Å². The first-order chi connectivity index (χ1) is 13.2. The lowest BCUT2D eigenvalue weighted by atomic mass is 9.92. The summed E-state index contributed by atoms with van der Waals surface area (Å²) < 4.78 is 16.5. The quantitative estimate of drug-likeness (QED) is 0.806. The molecule has 0 atom stereocenters. The highest BCUT2D eigenvalue weighted by molar-refractivity contribution is 5.94. The summed E-state index contributed by atoms with van der Waals surface area (Å²) in [5.74, 6) is 1.52. The Morgan fingerprint density at radius 1 is 1.07 bits per heavy atom. The zero-order valence-electron chi connectivity index (χ0n) is 15.7. The van der Waals surface area contributed by atoms with Crippen molar-refractivity contribution in [2.24, 2.45) is 0 Å². The van der Waals surface area contributed by atoms with Crippen molar-refractivity contribution >= 4 is 5.91 Å². The van der Waals surface area contributed by atoms with E-state index >= 15 is 0 Å². The van der Waals surface area contributed by atoms with E-state index in [1.807, 2.05) is 19.1 Å². The van der Waals surface area contributed by atoms with E-state index in [9.17, 15) is 4.79 Å². The Balaban J connectivity index is 1.48. The molecule has 7 heteroatoms. The number of rotatable bonds is 7. The molecule has 1 saturated carbocycles. The van der Waals surface area contributed by atoms with Crippen molar-refractivity contribution in [2.45, 2.75) is 44.8 Å². The molecule has 27 heavy (non-hydrogen) atoms. The Bertz CT molecular complexity index is 743. The third kappa shape index (κ3) is 5.09. The number of ether oxygens (including phenoxy) is 3. The molecule has 0 unspecified atom stereocenters. The van der Waals surface area contributed by atoms with E-state index in [0.29, 0.717) is 23.9 Å². The van der Waals surface area contributed by atoms with Crippen LogP contribution in [0.2, 0.25) is 0 Å². The van der Waals surface area contributed by atoms with Gasteiger partial charge in [-0.3, -0.25) is 4.79 Å². The maximum atomic E-state index is 12.4. The molecule has 1 N–H and O–H groups in total. The summed E-state index contributed by atoms with van der Waals surface area (Å²) in [5, 5.41) is 3.11. The van der Waals surface area contributed by atoms with E-state index in [1.165, 1.54) is 0 Å². The minimum atomic E-state index is -0.0574. The maximum absolute atomic E-state index is 12.4. The second-order valence-electron chi connectivity index (χ2n) is 6.39. The van der Waals surface area contributed by atoms with Gasteiger partial charge in [-0.25, -0.2) is 9.97 Å². The molecule has 0 radical (unpaired) electrons. The first-order valence-electron chi connectivity index (χ1n) is 9.25. The van der Waals surface area contributed by atoms with Crippen LogP contribution in [0.25, 0.3) is 0 Å². The van der Waals surface area contributed by atoms with Crippen LogP contribution in [-0.4, -0.2) is 41.7 Å². The number of hydrogen-bond donors (Lipinski definition) is 1. The summed E-state index contributed by atoms with van der Waals surface area (Å²) >= 11 is 0.